The summed E-state index contributed by atoms with van der Waals surface area (Å²) in [5.74, 6) is 0.260. The Balaban J connectivity index is 1.56. The molecule has 0 aliphatic heterocycles. The van der Waals surface area contributed by atoms with E-state index in [4.69, 9.17) is 16.3 Å². The van der Waals surface area contributed by atoms with Gasteiger partial charge in [-0.1, -0.05) is 60.2 Å². The lowest BCUT2D eigenvalue weighted by atomic mass is 10.1. The molecule has 0 unspecified atom stereocenters. The Morgan fingerprint density at radius 2 is 1.86 bits per heavy atom. The van der Waals surface area contributed by atoms with Crippen LogP contribution >= 0.6 is 11.6 Å². The van der Waals surface area contributed by atoms with Gasteiger partial charge in [0.2, 0.25) is 0 Å². The molecular weight excluding hydrogens is 374 g/mol. The summed E-state index contributed by atoms with van der Waals surface area (Å²) >= 11 is 5.90. The molecule has 1 aromatic heterocycles. The summed E-state index contributed by atoms with van der Waals surface area (Å²) in [5, 5.41) is 4.58. The standard InChI is InChI=1S/C22H18ClN3O2/c23-20-11-8-17(9-12-20)7-10-19-5-1-2-6-21(19)28-16-22(27)26-25-15-18-4-3-13-24-14-18/h1-15H,16H2,(H,26,27)/b10-7+,25-15+. The van der Waals surface area contributed by atoms with E-state index in [1.165, 1.54) is 6.21 Å². The van der Waals surface area contributed by atoms with Gasteiger partial charge < -0.3 is 4.74 Å². The smallest absolute Gasteiger partial charge is 0.277 e. The molecule has 3 rings (SSSR count). The zero-order valence-electron chi connectivity index (χ0n) is 15.0. The summed E-state index contributed by atoms with van der Waals surface area (Å²) in [6.45, 7) is -0.143. The average Bonchev–Trinajstić information content (AvgIpc) is 2.73. The molecule has 0 aliphatic carbocycles. The number of aromatic nitrogens is 1. The summed E-state index contributed by atoms with van der Waals surface area (Å²) in [6.07, 6.45) is 8.72. The second-order valence-electron chi connectivity index (χ2n) is 5.79. The molecule has 6 heteroatoms. The van der Waals surface area contributed by atoms with E-state index in [0.717, 1.165) is 16.7 Å². The number of benzene rings is 2. The van der Waals surface area contributed by atoms with Crippen molar-refractivity contribution in [1.29, 1.82) is 0 Å². The minimum atomic E-state index is -0.350. The molecule has 0 fully saturated rings. The van der Waals surface area contributed by atoms with Crippen LogP contribution in [0.25, 0.3) is 12.2 Å². The van der Waals surface area contributed by atoms with Crippen LogP contribution in [0.5, 0.6) is 5.75 Å². The number of hydrazone groups is 1. The molecule has 0 saturated carbocycles. The Kier molecular flexibility index (Phi) is 6.93. The zero-order chi connectivity index (χ0) is 19.6. The highest BCUT2D eigenvalue weighted by Gasteiger charge is 2.04. The number of halogens is 1. The van der Waals surface area contributed by atoms with Gasteiger partial charge in [0, 0.05) is 28.5 Å². The van der Waals surface area contributed by atoms with Gasteiger partial charge in [-0.05, 0) is 29.8 Å². The van der Waals surface area contributed by atoms with Crippen LogP contribution in [0.2, 0.25) is 5.02 Å². The number of hydrogen-bond acceptors (Lipinski definition) is 4. The van der Waals surface area contributed by atoms with E-state index in [1.54, 1.807) is 18.5 Å². The first-order valence-corrected chi connectivity index (χ1v) is 8.96. The number of carbonyl (C=O) groups excluding carboxylic acids is 1. The van der Waals surface area contributed by atoms with Gasteiger partial charge in [-0.3, -0.25) is 9.78 Å². The topological polar surface area (TPSA) is 63.6 Å². The maximum Gasteiger partial charge on any atom is 0.277 e. The quantitative estimate of drug-likeness (QED) is 0.368. The third kappa shape index (κ3) is 6.07. The minimum absolute atomic E-state index is 0.143. The monoisotopic (exact) mass is 391 g/mol. The third-order valence-electron chi connectivity index (χ3n) is 3.69. The van der Waals surface area contributed by atoms with Crippen LogP contribution in [-0.2, 0) is 4.79 Å². The van der Waals surface area contributed by atoms with E-state index < -0.39 is 0 Å². The van der Waals surface area contributed by atoms with Gasteiger partial charge >= 0.3 is 0 Å². The number of hydrogen-bond donors (Lipinski definition) is 1. The van der Waals surface area contributed by atoms with Crippen LogP contribution in [0.15, 0.2) is 78.2 Å². The zero-order valence-corrected chi connectivity index (χ0v) is 15.7. The van der Waals surface area contributed by atoms with Crippen LogP contribution in [0.3, 0.4) is 0 Å². The SMILES string of the molecule is O=C(COc1ccccc1/C=C/c1ccc(Cl)cc1)N/N=C/c1cccnc1. The average molecular weight is 392 g/mol. The van der Waals surface area contributed by atoms with Crippen LogP contribution in [0, 0.1) is 0 Å². The summed E-state index contributed by atoms with van der Waals surface area (Å²) in [4.78, 5) is 15.9. The molecule has 5 nitrogen and oxygen atoms in total. The number of pyridine rings is 1. The van der Waals surface area contributed by atoms with Crippen molar-refractivity contribution in [1.82, 2.24) is 10.4 Å². The second-order valence-corrected chi connectivity index (χ2v) is 6.23. The van der Waals surface area contributed by atoms with Crippen molar-refractivity contribution in [3.8, 4) is 5.75 Å². The molecule has 1 amide bonds. The maximum atomic E-state index is 11.9. The number of para-hydroxylation sites is 1. The van der Waals surface area contributed by atoms with Gasteiger partial charge in [0.15, 0.2) is 6.61 Å². The normalized spacial score (nSPS) is 11.0. The van der Waals surface area contributed by atoms with Crippen molar-refractivity contribution in [3.05, 3.63) is 94.8 Å². The molecule has 140 valence electrons. The lowest BCUT2D eigenvalue weighted by Crippen LogP contribution is -2.24. The van der Waals surface area contributed by atoms with Crippen LogP contribution in [-0.4, -0.2) is 23.7 Å². The van der Waals surface area contributed by atoms with Gasteiger partial charge in [-0.15, -0.1) is 0 Å². The van der Waals surface area contributed by atoms with Crippen molar-refractivity contribution in [2.45, 2.75) is 0 Å². The largest absolute Gasteiger partial charge is 0.483 e. The summed E-state index contributed by atoms with van der Waals surface area (Å²) in [6, 6.07) is 18.6. The first kappa shape index (κ1) is 19.3. The number of rotatable bonds is 7. The van der Waals surface area contributed by atoms with E-state index in [0.29, 0.717) is 10.8 Å². The van der Waals surface area contributed by atoms with E-state index in [2.05, 4.69) is 15.5 Å². The predicted octanol–water partition coefficient (Wildman–Crippen LogP) is 4.43. The van der Waals surface area contributed by atoms with Crippen molar-refractivity contribution in [2.24, 2.45) is 5.10 Å². The second kappa shape index (κ2) is 10.0. The number of nitrogens with zero attached hydrogens (tertiary/aromatic N) is 2. The third-order valence-corrected chi connectivity index (χ3v) is 3.94. The fourth-order valence-electron chi connectivity index (χ4n) is 2.32. The van der Waals surface area contributed by atoms with Crippen molar-refractivity contribution >= 4 is 35.9 Å². The fraction of sp³-hybridized carbons (Fsp3) is 0.0455. The summed E-state index contributed by atoms with van der Waals surface area (Å²) in [5.41, 5.74) is 5.10. The van der Waals surface area contributed by atoms with E-state index in [-0.39, 0.29) is 12.5 Å². The van der Waals surface area contributed by atoms with Gasteiger partial charge in [-0.2, -0.15) is 5.10 Å². The van der Waals surface area contributed by atoms with Crippen LogP contribution in [0.1, 0.15) is 16.7 Å². The van der Waals surface area contributed by atoms with Gasteiger partial charge in [0.05, 0.1) is 6.21 Å². The number of ether oxygens (including phenoxy) is 1. The molecule has 0 radical (unpaired) electrons. The molecule has 0 spiro atoms. The Labute approximate surface area is 168 Å². The van der Waals surface area contributed by atoms with Gasteiger partial charge in [0.25, 0.3) is 5.91 Å². The summed E-state index contributed by atoms with van der Waals surface area (Å²) in [7, 11) is 0. The van der Waals surface area contributed by atoms with Gasteiger partial charge in [0.1, 0.15) is 5.75 Å². The molecule has 0 aliphatic rings. The molecule has 2 aromatic carbocycles. The Bertz CT molecular complexity index is 971. The lowest BCUT2D eigenvalue weighted by molar-refractivity contribution is -0.123. The molecule has 1 heterocycles. The maximum absolute atomic E-state index is 11.9. The molecular formula is C22H18ClN3O2. The fourth-order valence-corrected chi connectivity index (χ4v) is 2.44. The Hall–Kier alpha value is -3.44. The minimum Gasteiger partial charge on any atom is -0.483 e. The molecule has 3 aromatic rings. The van der Waals surface area contributed by atoms with Crippen molar-refractivity contribution in [3.63, 3.8) is 0 Å². The van der Waals surface area contributed by atoms with Crippen LogP contribution in [0.4, 0.5) is 0 Å². The van der Waals surface area contributed by atoms with Crippen LogP contribution < -0.4 is 10.2 Å². The van der Waals surface area contributed by atoms with Crippen molar-refractivity contribution < 1.29 is 9.53 Å². The predicted molar refractivity (Wildman–Crippen MR) is 112 cm³/mol. The molecule has 0 saturated heterocycles. The van der Waals surface area contributed by atoms with Crippen molar-refractivity contribution in [2.75, 3.05) is 6.61 Å². The molecule has 0 atom stereocenters. The van der Waals surface area contributed by atoms with E-state index in [9.17, 15) is 4.79 Å². The van der Waals surface area contributed by atoms with E-state index in [1.807, 2.05) is 66.7 Å². The number of nitrogens with one attached hydrogen (secondary N) is 1. The number of carbonyl (C=O) groups is 1. The highest BCUT2D eigenvalue weighted by molar-refractivity contribution is 6.30. The molecule has 0 bridgehead atoms. The number of amides is 1. The Morgan fingerprint density at radius 3 is 2.64 bits per heavy atom. The van der Waals surface area contributed by atoms with Gasteiger partial charge in [-0.25, -0.2) is 5.43 Å². The first-order chi connectivity index (χ1) is 13.7. The Morgan fingerprint density at radius 1 is 1.04 bits per heavy atom. The highest BCUT2D eigenvalue weighted by Crippen LogP contribution is 2.21. The lowest BCUT2D eigenvalue weighted by Gasteiger charge is -2.08. The first-order valence-electron chi connectivity index (χ1n) is 8.58. The van der Waals surface area contributed by atoms with E-state index >= 15 is 0 Å². The molecule has 28 heavy (non-hydrogen) atoms. The molecule has 1 N–H and O–H groups in total. The highest BCUT2D eigenvalue weighted by atomic mass is 35.5. The summed E-state index contributed by atoms with van der Waals surface area (Å²) < 4.78 is 5.64.